The zero-order valence-electron chi connectivity index (χ0n) is 16.5. The van der Waals surface area contributed by atoms with Crippen LogP contribution in [-0.2, 0) is 10.0 Å². The Morgan fingerprint density at radius 1 is 1.07 bits per heavy atom. The van der Waals surface area contributed by atoms with Crippen LogP contribution in [0.2, 0.25) is 10.0 Å². The second-order valence-corrected chi connectivity index (χ2v) is 9.51. The highest BCUT2D eigenvalue weighted by atomic mass is 35.5. The van der Waals surface area contributed by atoms with Crippen molar-refractivity contribution >= 4 is 39.4 Å². The zero-order valence-corrected chi connectivity index (χ0v) is 18.8. The van der Waals surface area contributed by atoms with E-state index in [1.807, 2.05) is 32.9 Å². The smallest absolute Gasteiger partial charge is 0.277 e. The number of benzene rings is 2. The largest absolute Gasteiger partial charge is 0.490 e. The normalized spacial score (nSPS) is 12.0. The Morgan fingerprint density at radius 2 is 1.61 bits per heavy atom. The monoisotopic (exact) mass is 442 g/mol. The molecule has 0 saturated carbocycles. The van der Waals surface area contributed by atoms with Gasteiger partial charge in [-0.2, -0.15) is 13.5 Å². The van der Waals surface area contributed by atoms with Gasteiger partial charge in [0.1, 0.15) is 0 Å². The standard InChI is InChI=1S/C20H24Cl2N2O3S/c1-12(2)11-27-19-17(21)8-16(9-18(19)22)10-23-24-28(25,26)20-14(4)6-13(3)7-15(20)5/h6-10,12,24H,11H2,1-5H3/b23-10+. The highest BCUT2D eigenvalue weighted by molar-refractivity contribution is 7.89. The second kappa shape index (κ2) is 9.16. The fourth-order valence-corrected chi connectivity index (χ4v) is 4.71. The summed E-state index contributed by atoms with van der Waals surface area (Å²) in [4.78, 5) is 2.47. The van der Waals surface area contributed by atoms with E-state index in [9.17, 15) is 8.42 Å². The average molecular weight is 443 g/mol. The Bertz CT molecular complexity index is 956. The van der Waals surface area contributed by atoms with Crippen LogP contribution in [0.4, 0.5) is 0 Å². The minimum Gasteiger partial charge on any atom is -0.490 e. The van der Waals surface area contributed by atoms with E-state index in [1.54, 1.807) is 26.0 Å². The van der Waals surface area contributed by atoms with Gasteiger partial charge in [0.25, 0.3) is 10.0 Å². The van der Waals surface area contributed by atoms with Gasteiger partial charge in [-0.3, -0.25) is 0 Å². The minimum absolute atomic E-state index is 0.226. The van der Waals surface area contributed by atoms with Crippen LogP contribution in [0.25, 0.3) is 0 Å². The van der Waals surface area contributed by atoms with Gasteiger partial charge in [-0.05, 0) is 55.5 Å². The van der Waals surface area contributed by atoms with Gasteiger partial charge in [0.15, 0.2) is 5.75 Å². The van der Waals surface area contributed by atoms with Gasteiger partial charge < -0.3 is 4.74 Å². The van der Waals surface area contributed by atoms with Crippen molar-refractivity contribution in [3.63, 3.8) is 0 Å². The van der Waals surface area contributed by atoms with Gasteiger partial charge >= 0.3 is 0 Å². The second-order valence-electron chi connectivity index (χ2n) is 7.10. The first-order chi connectivity index (χ1) is 13.0. The molecule has 0 spiro atoms. The molecule has 28 heavy (non-hydrogen) atoms. The SMILES string of the molecule is Cc1cc(C)c(S(=O)(=O)N/N=C/c2cc(Cl)c(OCC(C)C)c(Cl)c2)c(C)c1. The van der Waals surface area contributed by atoms with E-state index in [-0.39, 0.29) is 4.90 Å². The number of hydrogen-bond acceptors (Lipinski definition) is 4. The number of hydrogen-bond donors (Lipinski definition) is 1. The molecule has 0 fully saturated rings. The summed E-state index contributed by atoms with van der Waals surface area (Å²) in [7, 11) is -3.79. The first-order valence-electron chi connectivity index (χ1n) is 8.76. The fourth-order valence-electron chi connectivity index (χ4n) is 2.85. The summed E-state index contributed by atoms with van der Waals surface area (Å²) in [6.45, 7) is 9.96. The molecule has 2 rings (SSSR count). The molecule has 0 saturated heterocycles. The molecule has 2 aromatic carbocycles. The molecular formula is C20H24Cl2N2O3S. The van der Waals surface area contributed by atoms with Gasteiger partial charge in [0, 0.05) is 0 Å². The molecule has 0 bridgehead atoms. The van der Waals surface area contributed by atoms with E-state index in [0.29, 0.717) is 45.0 Å². The molecule has 0 heterocycles. The molecule has 0 amide bonds. The number of nitrogens with one attached hydrogen (secondary N) is 1. The Balaban J connectivity index is 2.21. The van der Waals surface area contributed by atoms with Crippen LogP contribution in [0.3, 0.4) is 0 Å². The molecule has 0 aliphatic rings. The molecule has 5 nitrogen and oxygen atoms in total. The maximum atomic E-state index is 12.6. The van der Waals surface area contributed by atoms with Crippen LogP contribution in [0.15, 0.2) is 34.3 Å². The lowest BCUT2D eigenvalue weighted by atomic mass is 10.1. The lowest BCUT2D eigenvalue weighted by Crippen LogP contribution is -2.20. The van der Waals surface area contributed by atoms with Crippen molar-refractivity contribution in [1.82, 2.24) is 4.83 Å². The topological polar surface area (TPSA) is 67.8 Å². The summed E-state index contributed by atoms with van der Waals surface area (Å²) >= 11 is 12.5. The molecule has 152 valence electrons. The number of halogens is 2. The van der Waals surface area contributed by atoms with Gasteiger partial charge in [-0.1, -0.05) is 54.7 Å². The van der Waals surface area contributed by atoms with Crippen LogP contribution < -0.4 is 9.57 Å². The molecule has 2 aromatic rings. The Kier molecular flexibility index (Phi) is 7.37. The number of sulfonamides is 1. The van der Waals surface area contributed by atoms with Crippen molar-refractivity contribution in [2.24, 2.45) is 11.0 Å². The zero-order chi connectivity index (χ0) is 21.1. The van der Waals surface area contributed by atoms with E-state index >= 15 is 0 Å². The molecular weight excluding hydrogens is 419 g/mol. The first-order valence-corrected chi connectivity index (χ1v) is 11.0. The highest BCUT2D eigenvalue weighted by Gasteiger charge is 2.19. The molecule has 0 aromatic heterocycles. The van der Waals surface area contributed by atoms with E-state index in [2.05, 4.69) is 9.93 Å². The molecule has 1 N–H and O–H groups in total. The number of nitrogens with zero attached hydrogens (tertiary/aromatic N) is 1. The van der Waals surface area contributed by atoms with E-state index < -0.39 is 10.0 Å². The maximum absolute atomic E-state index is 12.6. The third kappa shape index (κ3) is 5.63. The van der Waals surface area contributed by atoms with Crippen molar-refractivity contribution in [2.45, 2.75) is 39.5 Å². The Hall–Kier alpha value is -1.76. The molecule has 0 unspecified atom stereocenters. The number of aryl methyl sites for hydroxylation is 3. The Labute approximate surface area is 176 Å². The van der Waals surface area contributed by atoms with Crippen molar-refractivity contribution < 1.29 is 13.2 Å². The molecule has 0 atom stereocenters. The maximum Gasteiger partial charge on any atom is 0.277 e. The summed E-state index contributed by atoms with van der Waals surface area (Å²) in [6.07, 6.45) is 1.35. The van der Waals surface area contributed by atoms with Gasteiger partial charge in [-0.25, -0.2) is 4.83 Å². The number of rotatable bonds is 7. The predicted molar refractivity (Wildman–Crippen MR) is 115 cm³/mol. The van der Waals surface area contributed by atoms with Gasteiger partial charge in [0.05, 0.1) is 27.8 Å². The number of ether oxygens (including phenoxy) is 1. The third-order valence-electron chi connectivity index (χ3n) is 3.84. The third-order valence-corrected chi connectivity index (χ3v) is 5.93. The quantitative estimate of drug-likeness (QED) is 0.469. The highest BCUT2D eigenvalue weighted by Crippen LogP contribution is 2.34. The summed E-state index contributed by atoms with van der Waals surface area (Å²) in [5.74, 6) is 0.733. The van der Waals surface area contributed by atoms with Crippen molar-refractivity contribution in [3.8, 4) is 5.75 Å². The van der Waals surface area contributed by atoms with Gasteiger partial charge in [0.2, 0.25) is 0 Å². The number of hydrazone groups is 1. The Morgan fingerprint density at radius 3 is 2.11 bits per heavy atom. The van der Waals surface area contributed by atoms with Crippen LogP contribution in [-0.4, -0.2) is 21.2 Å². The van der Waals surface area contributed by atoms with Crippen molar-refractivity contribution in [1.29, 1.82) is 0 Å². The first kappa shape index (κ1) is 22.5. The van der Waals surface area contributed by atoms with Crippen LogP contribution in [0.1, 0.15) is 36.1 Å². The minimum atomic E-state index is -3.79. The molecule has 0 radical (unpaired) electrons. The molecule has 0 aliphatic heterocycles. The lowest BCUT2D eigenvalue weighted by Gasteiger charge is -2.12. The lowest BCUT2D eigenvalue weighted by molar-refractivity contribution is 0.271. The summed E-state index contributed by atoms with van der Waals surface area (Å²) in [5.41, 5.74) is 2.88. The van der Waals surface area contributed by atoms with Gasteiger partial charge in [-0.15, -0.1) is 0 Å². The average Bonchev–Trinajstić information content (AvgIpc) is 2.52. The fraction of sp³-hybridized carbons (Fsp3) is 0.350. The molecule has 8 heteroatoms. The predicted octanol–water partition coefficient (Wildman–Crippen LogP) is 5.27. The van der Waals surface area contributed by atoms with E-state index in [0.717, 1.165) is 5.56 Å². The van der Waals surface area contributed by atoms with E-state index in [4.69, 9.17) is 27.9 Å². The summed E-state index contributed by atoms with van der Waals surface area (Å²) in [5, 5.41) is 4.53. The van der Waals surface area contributed by atoms with Crippen molar-refractivity contribution in [3.05, 3.63) is 56.6 Å². The summed E-state index contributed by atoms with van der Waals surface area (Å²) < 4.78 is 30.8. The summed E-state index contributed by atoms with van der Waals surface area (Å²) in [6, 6.07) is 6.87. The molecule has 0 aliphatic carbocycles. The van der Waals surface area contributed by atoms with Crippen molar-refractivity contribution in [2.75, 3.05) is 6.61 Å². The van der Waals surface area contributed by atoms with Crippen LogP contribution >= 0.6 is 23.2 Å². The van der Waals surface area contributed by atoms with Crippen LogP contribution in [0, 0.1) is 26.7 Å². The van der Waals surface area contributed by atoms with Crippen LogP contribution in [0.5, 0.6) is 5.75 Å². The van der Waals surface area contributed by atoms with E-state index in [1.165, 1.54) is 6.21 Å².